The zero-order valence-corrected chi connectivity index (χ0v) is 17.2. The van der Waals surface area contributed by atoms with Crippen LogP contribution in [0.25, 0.3) is 0 Å². The second-order valence-corrected chi connectivity index (χ2v) is 9.14. The van der Waals surface area contributed by atoms with Crippen molar-refractivity contribution in [1.82, 2.24) is 9.29 Å². The van der Waals surface area contributed by atoms with Crippen LogP contribution in [0, 0.1) is 17.1 Å². The summed E-state index contributed by atoms with van der Waals surface area (Å²) in [7, 11) is -4.41. The van der Waals surface area contributed by atoms with E-state index in [1.165, 1.54) is 13.0 Å². The fraction of sp³-hybridized carbons (Fsp3) is 0.368. The third kappa shape index (κ3) is 4.40. The highest BCUT2D eigenvalue weighted by atomic mass is 32.2. The summed E-state index contributed by atoms with van der Waals surface area (Å²) in [5, 5.41) is 29.8. The zero-order chi connectivity index (χ0) is 23.9. The number of alkyl halides is 3. The van der Waals surface area contributed by atoms with Crippen molar-refractivity contribution in [1.29, 1.82) is 5.26 Å². The van der Waals surface area contributed by atoms with Gasteiger partial charge in [0.15, 0.2) is 0 Å². The monoisotopic (exact) mass is 475 g/mol. The standard InChI is InChI=1S/C19H17F4N3O5S/c1-11(27)18(28)10-26(9-17(18)31-13-3-2-12(7-24)15(20)6-13)32(29,30)14-4-5-16(25-8-14)19(21,22)23/h2-6,8,11,17,27-28H,9-10H2,1H3/t11-,17+,18-/m1/s1. The SMILES string of the molecule is C[C@@H](O)[C@]1(O)CN(S(=O)(=O)c2ccc(C(F)(F)F)nc2)C[C@@H]1Oc1ccc(C#N)c(F)c1. The molecule has 1 saturated heterocycles. The van der Waals surface area contributed by atoms with Crippen LogP contribution in [0.4, 0.5) is 17.6 Å². The molecule has 3 rings (SSSR count). The molecule has 0 spiro atoms. The van der Waals surface area contributed by atoms with Crippen LogP contribution in [-0.4, -0.2) is 58.8 Å². The number of β-amino-alcohol motifs (C(OH)–C–C–N with tert-alkyl or cyclic N) is 1. The molecule has 1 aliphatic rings. The number of ether oxygens (including phenoxy) is 1. The number of aliphatic hydroxyl groups is 2. The predicted octanol–water partition coefficient (Wildman–Crippen LogP) is 1.67. The first kappa shape index (κ1) is 23.9. The van der Waals surface area contributed by atoms with Crippen molar-refractivity contribution in [2.75, 3.05) is 13.1 Å². The molecule has 0 saturated carbocycles. The lowest BCUT2D eigenvalue weighted by molar-refractivity contribution is -0.141. The van der Waals surface area contributed by atoms with Gasteiger partial charge >= 0.3 is 6.18 Å². The molecular formula is C19H17F4N3O5S. The minimum Gasteiger partial charge on any atom is -0.486 e. The molecule has 2 aromatic rings. The Kier molecular flexibility index (Phi) is 6.18. The van der Waals surface area contributed by atoms with Gasteiger partial charge in [-0.1, -0.05) is 0 Å². The largest absolute Gasteiger partial charge is 0.486 e. The smallest absolute Gasteiger partial charge is 0.433 e. The van der Waals surface area contributed by atoms with Gasteiger partial charge in [-0.2, -0.15) is 22.7 Å². The average molecular weight is 475 g/mol. The highest BCUT2D eigenvalue weighted by Crippen LogP contribution is 2.34. The van der Waals surface area contributed by atoms with E-state index in [9.17, 15) is 36.2 Å². The van der Waals surface area contributed by atoms with Gasteiger partial charge in [0.2, 0.25) is 10.0 Å². The number of sulfonamides is 1. The highest BCUT2D eigenvalue weighted by Gasteiger charge is 2.54. The molecular weight excluding hydrogens is 458 g/mol. The summed E-state index contributed by atoms with van der Waals surface area (Å²) < 4.78 is 84.0. The van der Waals surface area contributed by atoms with Crippen LogP contribution in [0.1, 0.15) is 18.2 Å². The Morgan fingerprint density at radius 1 is 1.34 bits per heavy atom. The number of hydrogen-bond acceptors (Lipinski definition) is 7. The van der Waals surface area contributed by atoms with Crippen molar-refractivity contribution in [3.05, 3.63) is 53.6 Å². The molecule has 3 atom stereocenters. The zero-order valence-electron chi connectivity index (χ0n) is 16.4. The van der Waals surface area contributed by atoms with Gasteiger partial charge in [0.25, 0.3) is 0 Å². The second-order valence-electron chi connectivity index (χ2n) is 7.20. The molecule has 1 fully saturated rings. The van der Waals surface area contributed by atoms with E-state index in [0.29, 0.717) is 12.3 Å². The topological polar surface area (TPSA) is 124 Å². The van der Waals surface area contributed by atoms with E-state index in [1.54, 1.807) is 6.07 Å². The lowest BCUT2D eigenvalue weighted by Gasteiger charge is -2.31. The second kappa shape index (κ2) is 8.28. The van der Waals surface area contributed by atoms with E-state index >= 15 is 0 Å². The number of aliphatic hydroxyl groups excluding tert-OH is 1. The Morgan fingerprint density at radius 2 is 2.03 bits per heavy atom. The van der Waals surface area contributed by atoms with Crippen molar-refractivity contribution in [2.45, 2.75) is 35.8 Å². The summed E-state index contributed by atoms with van der Waals surface area (Å²) in [6, 6.07) is 6.11. The fourth-order valence-electron chi connectivity index (χ4n) is 3.19. The van der Waals surface area contributed by atoms with E-state index in [1.807, 2.05) is 0 Å². The fourth-order valence-corrected chi connectivity index (χ4v) is 4.62. The highest BCUT2D eigenvalue weighted by molar-refractivity contribution is 7.89. The normalized spacial score (nSPS) is 23.0. The summed E-state index contributed by atoms with van der Waals surface area (Å²) in [6.07, 6.45) is -7.05. The molecule has 172 valence electrons. The first-order valence-corrected chi connectivity index (χ1v) is 10.5. The maximum atomic E-state index is 13.9. The Hall–Kier alpha value is -2.79. The molecule has 1 aliphatic heterocycles. The molecule has 2 N–H and O–H groups in total. The summed E-state index contributed by atoms with van der Waals surface area (Å²) >= 11 is 0. The quantitative estimate of drug-likeness (QED) is 0.631. The van der Waals surface area contributed by atoms with Crippen molar-refractivity contribution in [2.24, 2.45) is 0 Å². The average Bonchev–Trinajstić information content (AvgIpc) is 3.06. The van der Waals surface area contributed by atoms with Crippen molar-refractivity contribution in [3.8, 4) is 11.8 Å². The van der Waals surface area contributed by atoms with Gasteiger partial charge in [-0.25, -0.2) is 12.8 Å². The first-order chi connectivity index (χ1) is 14.8. The Balaban J connectivity index is 1.89. The Bertz CT molecular complexity index is 1150. The van der Waals surface area contributed by atoms with Crippen LogP contribution >= 0.6 is 0 Å². The van der Waals surface area contributed by atoms with Gasteiger partial charge in [-0.15, -0.1) is 0 Å². The van der Waals surface area contributed by atoms with Crippen molar-refractivity contribution in [3.63, 3.8) is 0 Å². The number of nitriles is 1. The molecule has 2 heterocycles. The van der Waals surface area contributed by atoms with E-state index in [4.69, 9.17) is 10.00 Å². The van der Waals surface area contributed by atoms with Crippen LogP contribution in [0.2, 0.25) is 0 Å². The number of benzene rings is 1. The molecule has 13 heteroatoms. The van der Waals surface area contributed by atoms with Gasteiger partial charge in [0, 0.05) is 18.8 Å². The lowest BCUT2D eigenvalue weighted by atomic mass is 9.94. The van der Waals surface area contributed by atoms with Crippen molar-refractivity contribution < 1.29 is 40.9 Å². The van der Waals surface area contributed by atoms with E-state index in [-0.39, 0.29) is 11.3 Å². The van der Waals surface area contributed by atoms with Gasteiger partial charge in [0.1, 0.15) is 39.9 Å². The summed E-state index contributed by atoms with van der Waals surface area (Å²) in [5.74, 6) is -1.02. The van der Waals surface area contributed by atoms with Gasteiger partial charge in [0.05, 0.1) is 18.2 Å². The minimum atomic E-state index is -4.75. The summed E-state index contributed by atoms with van der Waals surface area (Å²) in [6.45, 7) is 0.0648. The van der Waals surface area contributed by atoms with Crippen LogP contribution in [0.5, 0.6) is 5.75 Å². The van der Waals surface area contributed by atoms with E-state index < -0.39 is 63.5 Å². The van der Waals surface area contributed by atoms with Crippen LogP contribution in [0.15, 0.2) is 41.4 Å². The molecule has 1 aromatic heterocycles. The first-order valence-electron chi connectivity index (χ1n) is 9.09. The van der Waals surface area contributed by atoms with Gasteiger partial charge in [-0.3, -0.25) is 4.98 Å². The number of pyridine rings is 1. The molecule has 0 bridgehead atoms. The summed E-state index contributed by atoms with van der Waals surface area (Å²) in [4.78, 5) is 2.58. The van der Waals surface area contributed by atoms with Crippen LogP contribution in [0.3, 0.4) is 0 Å². The maximum absolute atomic E-state index is 13.9. The Labute approximate surface area is 180 Å². The third-order valence-electron chi connectivity index (χ3n) is 5.08. The number of rotatable bonds is 5. The lowest BCUT2D eigenvalue weighted by Crippen LogP contribution is -2.53. The van der Waals surface area contributed by atoms with Crippen molar-refractivity contribution >= 4 is 10.0 Å². The molecule has 32 heavy (non-hydrogen) atoms. The number of nitrogens with zero attached hydrogens (tertiary/aromatic N) is 3. The number of aromatic nitrogens is 1. The molecule has 1 aromatic carbocycles. The van der Waals surface area contributed by atoms with Gasteiger partial charge in [-0.05, 0) is 31.2 Å². The van der Waals surface area contributed by atoms with E-state index in [0.717, 1.165) is 22.5 Å². The summed E-state index contributed by atoms with van der Waals surface area (Å²) in [5.41, 5.74) is -3.65. The number of hydrogen-bond donors (Lipinski definition) is 2. The van der Waals surface area contributed by atoms with E-state index in [2.05, 4.69) is 4.98 Å². The molecule has 0 amide bonds. The molecule has 8 nitrogen and oxygen atoms in total. The predicted molar refractivity (Wildman–Crippen MR) is 100 cm³/mol. The minimum absolute atomic E-state index is 0.124. The molecule has 0 aliphatic carbocycles. The molecule has 0 radical (unpaired) electrons. The number of halogens is 4. The van der Waals surface area contributed by atoms with Crippen LogP contribution in [-0.2, 0) is 16.2 Å². The third-order valence-corrected chi connectivity index (χ3v) is 6.88. The maximum Gasteiger partial charge on any atom is 0.433 e. The Morgan fingerprint density at radius 3 is 2.53 bits per heavy atom. The molecule has 0 unspecified atom stereocenters. The van der Waals surface area contributed by atoms with Crippen LogP contribution < -0.4 is 4.74 Å². The van der Waals surface area contributed by atoms with Gasteiger partial charge < -0.3 is 14.9 Å².